The van der Waals surface area contributed by atoms with Crippen LogP contribution in [-0.4, -0.2) is 31.7 Å². The van der Waals surface area contributed by atoms with Crippen LogP contribution in [0.5, 0.6) is 0 Å². The van der Waals surface area contributed by atoms with Crippen LogP contribution in [0.3, 0.4) is 0 Å². The molecule has 0 saturated heterocycles. The van der Waals surface area contributed by atoms with Gasteiger partial charge >= 0.3 is 0 Å². The maximum Gasteiger partial charge on any atom is 0.265 e. The summed E-state index contributed by atoms with van der Waals surface area (Å²) in [6.07, 6.45) is 1.22. The van der Waals surface area contributed by atoms with Gasteiger partial charge in [-0.2, -0.15) is 8.42 Å². The number of amides is 1. The van der Waals surface area contributed by atoms with Crippen molar-refractivity contribution in [2.24, 2.45) is 5.92 Å². The van der Waals surface area contributed by atoms with E-state index < -0.39 is 10.1 Å². The van der Waals surface area contributed by atoms with E-state index in [9.17, 15) is 13.2 Å². The molecular formula is C8H17NO4S. The molecule has 0 aliphatic heterocycles. The largest absolute Gasteiger partial charge is 0.356 e. The van der Waals surface area contributed by atoms with Crippen molar-refractivity contribution in [2.75, 3.05) is 12.8 Å². The minimum absolute atomic E-state index is 0.00463. The van der Waals surface area contributed by atoms with Crippen molar-refractivity contribution < 1.29 is 17.8 Å². The lowest BCUT2D eigenvalue weighted by Gasteiger charge is -1.97. The molecule has 2 N–H and O–H groups in total. The molecule has 0 radical (unpaired) electrons. The monoisotopic (exact) mass is 223 g/mol. The van der Waals surface area contributed by atoms with Gasteiger partial charge in [0.25, 0.3) is 10.1 Å². The highest BCUT2D eigenvalue weighted by Crippen LogP contribution is 1.95. The van der Waals surface area contributed by atoms with Gasteiger partial charge < -0.3 is 5.32 Å². The van der Waals surface area contributed by atoms with E-state index in [1.54, 1.807) is 20.9 Å². The molecular weight excluding hydrogens is 206 g/mol. The molecule has 0 unspecified atom stereocenters. The van der Waals surface area contributed by atoms with Crippen LogP contribution in [0, 0.1) is 5.92 Å². The lowest BCUT2D eigenvalue weighted by atomic mass is 10.3. The van der Waals surface area contributed by atoms with Gasteiger partial charge in [0.15, 0.2) is 0 Å². The lowest BCUT2D eigenvalue weighted by molar-refractivity contribution is -0.116. The zero-order valence-corrected chi connectivity index (χ0v) is 9.47. The third kappa shape index (κ3) is 17.3. The zero-order chi connectivity index (χ0) is 11.8. The average molecular weight is 223 g/mol. The summed E-state index contributed by atoms with van der Waals surface area (Å²) >= 11 is 0. The fourth-order valence-electron chi connectivity index (χ4n) is 0.523. The predicted octanol–water partition coefficient (Wildman–Crippen LogP) is 0.449. The molecule has 0 atom stereocenters. The number of hydrogen-bond acceptors (Lipinski definition) is 3. The molecule has 84 valence electrons. The Morgan fingerprint density at radius 1 is 1.57 bits per heavy atom. The average Bonchev–Trinajstić information content (AvgIpc) is 1.99. The van der Waals surface area contributed by atoms with Crippen LogP contribution in [0.4, 0.5) is 0 Å². The van der Waals surface area contributed by atoms with Crippen molar-refractivity contribution in [3.8, 4) is 0 Å². The first-order chi connectivity index (χ1) is 6.22. The van der Waals surface area contributed by atoms with Crippen LogP contribution in [-0.2, 0) is 14.9 Å². The summed E-state index contributed by atoms with van der Waals surface area (Å²) in [6, 6.07) is 0. The maximum absolute atomic E-state index is 10.00. The van der Waals surface area contributed by atoms with Crippen molar-refractivity contribution in [1.82, 2.24) is 5.32 Å². The normalized spacial score (nSPS) is 10.1. The Morgan fingerprint density at radius 2 is 2.00 bits per heavy atom. The summed E-state index contributed by atoms with van der Waals surface area (Å²) in [5.41, 5.74) is 0. The summed E-state index contributed by atoms with van der Waals surface area (Å²) in [4.78, 5) is 9.95. The maximum atomic E-state index is 10.00. The van der Waals surface area contributed by atoms with E-state index in [0.717, 1.165) is 0 Å². The van der Waals surface area contributed by atoms with Crippen LogP contribution >= 0.6 is 0 Å². The lowest BCUT2D eigenvalue weighted by Crippen LogP contribution is -2.13. The van der Waals surface area contributed by atoms with E-state index >= 15 is 0 Å². The Hall–Kier alpha value is -0.880. The van der Waals surface area contributed by atoms with Crippen LogP contribution in [0.2, 0.25) is 0 Å². The molecule has 0 aliphatic carbocycles. The van der Waals surface area contributed by atoms with Gasteiger partial charge in [-0.05, 0) is 12.0 Å². The molecule has 0 saturated carbocycles. The minimum atomic E-state index is -3.72. The fourth-order valence-corrected chi connectivity index (χ4v) is 1.37. The second kappa shape index (κ2) is 7.52. The van der Waals surface area contributed by atoms with Crippen molar-refractivity contribution in [1.29, 1.82) is 0 Å². The number of rotatable bonds is 3. The first-order valence-electron chi connectivity index (χ1n) is 4.02. The van der Waals surface area contributed by atoms with Crippen molar-refractivity contribution in [2.45, 2.75) is 13.8 Å². The summed E-state index contributed by atoms with van der Waals surface area (Å²) in [6.45, 7) is 6.68. The number of nitrogens with one attached hydrogen (secondary N) is 1. The standard InChI is InChI=1S/C4H7NO.C4H10O3S/c1-3-4(6)5-2;1-4(2)3-8(5,6)7/h3H,1H2,2H3,(H,5,6);4H,3H2,1-2H3,(H,5,6,7). The van der Waals surface area contributed by atoms with Crippen LogP contribution in [0.15, 0.2) is 12.7 Å². The molecule has 0 aromatic carbocycles. The second-order valence-corrected chi connectivity index (χ2v) is 4.46. The van der Waals surface area contributed by atoms with Crippen molar-refractivity contribution >= 4 is 16.0 Å². The van der Waals surface area contributed by atoms with E-state index in [1.165, 1.54) is 6.08 Å². The summed E-state index contributed by atoms with van der Waals surface area (Å²) in [5, 5.41) is 2.36. The van der Waals surface area contributed by atoms with Crippen LogP contribution < -0.4 is 5.32 Å². The van der Waals surface area contributed by atoms with Gasteiger partial charge in [-0.1, -0.05) is 20.4 Å². The van der Waals surface area contributed by atoms with Gasteiger partial charge in [0.2, 0.25) is 5.91 Å². The first-order valence-corrected chi connectivity index (χ1v) is 5.63. The summed E-state index contributed by atoms with van der Waals surface area (Å²) in [7, 11) is -2.16. The molecule has 0 spiro atoms. The van der Waals surface area contributed by atoms with E-state index in [1.807, 2.05) is 0 Å². The van der Waals surface area contributed by atoms with Gasteiger partial charge in [0.05, 0.1) is 5.75 Å². The van der Waals surface area contributed by atoms with Crippen molar-refractivity contribution in [3.63, 3.8) is 0 Å². The van der Waals surface area contributed by atoms with E-state index in [0.29, 0.717) is 0 Å². The Kier molecular flexibility index (Phi) is 8.37. The van der Waals surface area contributed by atoms with E-state index in [4.69, 9.17) is 4.55 Å². The predicted molar refractivity (Wildman–Crippen MR) is 55.5 cm³/mol. The number of likely N-dealkylation sites (N-methyl/N-ethyl adjacent to an activating group) is 1. The molecule has 0 aromatic rings. The second-order valence-electron chi connectivity index (χ2n) is 2.96. The van der Waals surface area contributed by atoms with Crippen molar-refractivity contribution in [3.05, 3.63) is 12.7 Å². The highest BCUT2D eigenvalue weighted by molar-refractivity contribution is 7.85. The van der Waals surface area contributed by atoms with Gasteiger partial charge in [-0.3, -0.25) is 9.35 Å². The van der Waals surface area contributed by atoms with E-state index in [-0.39, 0.29) is 17.6 Å². The molecule has 0 aliphatic rings. The van der Waals surface area contributed by atoms with Gasteiger partial charge in [-0.25, -0.2) is 0 Å². The third-order valence-corrected chi connectivity index (χ3v) is 2.06. The van der Waals surface area contributed by atoms with E-state index in [2.05, 4.69) is 11.9 Å². The molecule has 0 aromatic heterocycles. The zero-order valence-electron chi connectivity index (χ0n) is 8.65. The molecule has 0 fully saturated rings. The number of carbonyl (C=O) groups excluding carboxylic acids is 1. The third-order valence-electron chi connectivity index (χ3n) is 0.976. The highest BCUT2D eigenvalue weighted by Gasteiger charge is 2.05. The molecule has 5 nitrogen and oxygen atoms in total. The Labute approximate surface area is 85.0 Å². The highest BCUT2D eigenvalue weighted by atomic mass is 32.2. The summed E-state index contributed by atoms with van der Waals surface area (Å²) < 4.78 is 28.2. The number of hydrogen-bond donors (Lipinski definition) is 2. The Bertz CT molecular complexity index is 269. The quantitative estimate of drug-likeness (QED) is 0.537. The van der Waals surface area contributed by atoms with Gasteiger partial charge in [0, 0.05) is 7.05 Å². The van der Waals surface area contributed by atoms with Crippen LogP contribution in [0.1, 0.15) is 13.8 Å². The van der Waals surface area contributed by atoms with Gasteiger partial charge in [0.1, 0.15) is 0 Å². The topological polar surface area (TPSA) is 83.5 Å². The number of carbonyl (C=O) groups is 1. The molecule has 0 rings (SSSR count). The molecule has 14 heavy (non-hydrogen) atoms. The molecule has 0 heterocycles. The van der Waals surface area contributed by atoms with Gasteiger partial charge in [-0.15, -0.1) is 0 Å². The minimum Gasteiger partial charge on any atom is -0.356 e. The first kappa shape index (κ1) is 15.6. The molecule has 1 amide bonds. The smallest absolute Gasteiger partial charge is 0.265 e. The Morgan fingerprint density at radius 3 is 2.00 bits per heavy atom. The summed E-state index contributed by atoms with van der Waals surface area (Å²) in [5.74, 6) is -0.285. The fraction of sp³-hybridized carbons (Fsp3) is 0.625. The molecule has 0 bridgehead atoms. The SMILES string of the molecule is C=CC(=O)NC.CC(C)CS(=O)(=O)O. The Balaban J connectivity index is 0. The molecule has 6 heteroatoms. The van der Waals surface area contributed by atoms with Crippen LogP contribution in [0.25, 0.3) is 0 Å².